The first-order valence-corrected chi connectivity index (χ1v) is 10.2. The SMILES string of the molecule is N=C(CC(C(=O)OC(=O)c1ccc(C=O)cc1)S(=O)(=O)O)OC(=O)c1ccc(C=O)cc1. The number of carbonyl (C=O) groups excluding carboxylic acids is 5. The number of carbonyl (C=O) groups is 5. The van der Waals surface area contributed by atoms with Crippen molar-refractivity contribution < 1.29 is 46.4 Å². The zero-order valence-electron chi connectivity index (χ0n) is 16.1. The molecule has 0 aliphatic carbocycles. The third-order valence-electron chi connectivity index (χ3n) is 3.97. The van der Waals surface area contributed by atoms with Crippen molar-refractivity contribution >= 4 is 46.5 Å². The zero-order chi connectivity index (χ0) is 23.9. The number of esters is 3. The average Bonchev–Trinajstić information content (AvgIpc) is 2.76. The second-order valence-corrected chi connectivity index (χ2v) is 7.81. The summed E-state index contributed by atoms with van der Waals surface area (Å²) in [4.78, 5) is 57.4. The number of rotatable bonds is 8. The quantitative estimate of drug-likeness (QED) is 0.146. The third-order valence-corrected chi connectivity index (χ3v) is 5.05. The van der Waals surface area contributed by atoms with Crippen LogP contribution in [0.3, 0.4) is 0 Å². The molecule has 2 N–H and O–H groups in total. The highest BCUT2D eigenvalue weighted by Crippen LogP contribution is 2.13. The fourth-order valence-electron chi connectivity index (χ4n) is 2.30. The van der Waals surface area contributed by atoms with E-state index in [9.17, 15) is 36.9 Å². The van der Waals surface area contributed by atoms with Gasteiger partial charge in [0.1, 0.15) is 12.6 Å². The highest BCUT2D eigenvalue weighted by Gasteiger charge is 2.36. The van der Waals surface area contributed by atoms with Crippen molar-refractivity contribution in [3.8, 4) is 0 Å². The Morgan fingerprint density at radius 1 is 0.844 bits per heavy atom. The molecule has 0 radical (unpaired) electrons. The molecule has 0 saturated heterocycles. The number of ether oxygens (including phenoxy) is 2. The summed E-state index contributed by atoms with van der Waals surface area (Å²) in [6.45, 7) is 0. The van der Waals surface area contributed by atoms with E-state index in [-0.39, 0.29) is 22.3 Å². The van der Waals surface area contributed by atoms with Gasteiger partial charge in [-0.05, 0) is 24.3 Å². The summed E-state index contributed by atoms with van der Waals surface area (Å²) in [7, 11) is -5.15. The molecule has 2 aromatic carbocycles. The zero-order valence-corrected chi connectivity index (χ0v) is 16.9. The summed E-state index contributed by atoms with van der Waals surface area (Å²) in [5.74, 6) is -5.05. The summed E-state index contributed by atoms with van der Waals surface area (Å²) in [5.41, 5.74) is 0.259. The van der Waals surface area contributed by atoms with Crippen LogP contribution in [0.4, 0.5) is 0 Å². The summed E-state index contributed by atoms with van der Waals surface area (Å²) in [6, 6.07) is 9.88. The Hall–Kier alpha value is -4.03. The number of hydrogen-bond donors (Lipinski definition) is 2. The van der Waals surface area contributed by atoms with Gasteiger partial charge in [-0.25, -0.2) is 9.59 Å². The van der Waals surface area contributed by atoms with Crippen LogP contribution in [0.2, 0.25) is 0 Å². The molecule has 1 atom stereocenters. The molecule has 0 aromatic heterocycles. The smallest absolute Gasteiger partial charge is 0.345 e. The molecule has 32 heavy (non-hydrogen) atoms. The van der Waals surface area contributed by atoms with E-state index in [1.54, 1.807) is 0 Å². The summed E-state index contributed by atoms with van der Waals surface area (Å²) >= 11 is 0. The van der Waals surface area contributed by atoms with Crippen LogP contribution in [-0.4, -0.2) is 54.6 Å². The minimum Gasteiger partial charge on any atom is -0.409 e. The molecule has 0 spiro atoms. The van der Waals surface area contributed by atoms with E-state index in [0.717, 1.165) is 12.1 Å². The van der Waals surface area contributed by atoms with Crippen LogP contribution in [0, 0.1) is 5.41 Å². The first kappa shape index (κ1) is 24.2. The normalized spacial score (nSPS) is 11.7. The van der Waals surface area contributed by atoms with Crippen molar-refractivity contribution in [3.05, 3.63) is 70.8 Å². The van der Waals surface area contributed by atoms with E-state index in [0.29, 0.717) is 12.6 Å². The van der Waals surface area contributed by atoms with Crippen molar-refractivity contribution in [1.29, 1.82) is 5.41 Å². The Balaban J connectivity index is 2.07. The topological polar surface area (TPSA) is 182 Å². The van der Waals surface area contributed by atoms with Crippen LogP contribution in [0.25, 0.3) is 0 Å². The van der Waals surface area contributed by atoms with E-state index >= 15 is 0 Å². The Bertz CT molecular complexity index is 1170. The van der Waals surface area contributed by atoms with Crippen LogP contribution in [0.5, 0.6) is 0 Å². The molecule has 0 aliphatic rings. The van der Waals surface area contributed by atoms with Crippen molar-refractivity contribution in [2.75, 3.05) is 0 Å². The minimum absolute atomic E-state index is 0.0692. The largest absolute Gasteiger partial charge is 0.409 e. The fraction of sp³-hybridized carbons (Fsp3) is 0.100. The van der Waals surface area contributed by atoms with E-state index in [1.807, 2.05) is 0 Å². The van der Waals surface area contributed by atoms with Gasteiger partial charge in [-0.2, -0.15) is 8.42 Å². The maximum absolute atomic E-state index is 12.1. The number of nitrogens with one attached hydrogen (secondary N) is 1. The fourth-order valence-corrected chi connectivity index (χ4v) is 2.96. The van der Waals surface area contributed by atoms with Crippen LogP contribution in [0.1, 0.15) is 47.9 Å². The van der Waals surface area contributed by atoms with Crippen LogP contribution >= 0.6 is 0 Å². The van der Waals surface area contributed by atoms with Gasteiger partial charge in [-0.1, -0.05) is 24.3 Å². The molecule has 0 heterocycles. The van der Waals surface area contributed by atoms with E-state index in [4.69, 9.17) is 5.41 Å². The predicted octanol–water partition coefficient (Wildman–Crippen LogP) is 1.48. The van der Waals surface area contributed by atoms with E-state index < -0.39 is 45.6 Å². The number of hydrogen-bond acceptors (Lipinski definition) is 10. The monoisotopic (exact) mass is 461 g/mol. The van der Waals surface area contributed by atoms with Gasteiger partial charge < -0.3 is 9.47 Å². The van der Waals surface area contributed by atoms with Crippen molar-refractivity contribution in [1.82, 2.24) is 0 Å². The van der Waals surface area contributed by atoms with E-state index in [1.165, 1.54) is 36.4 Å². The predicted molar refractivity (Wildman–Crippen MR) is 107 cm³/mol. The van der Waals surface area contributed by atoms with Gasteiger partial charge in [-0.3, -0.25) is 24.3 Å². The second-order valence-electron chi connectivity index (χ2n) is 6.21. The van der Waals surface area contributed by atoms with Crippen molar-refractivity contribution in [2.24, 2.45) is 0 Å². The molecule has 1 unspecified atom stereocenters. The summed E-state index contributed by atoms with van der Waals surface area (Å²) in [6.07, 6.45) is -0.0528. The third kappa shape index (κ3) is 6.48. The minimum atomic E-state index is -5.15. The number of aldehydes is 2. The van der Waals surface area contributed by atoms with Gasteiger partial charge in [0, 0.05) is 11.1 Å². The molecule has 0 amide bonds. The van der Waals surface area contributed by atoms with Gasteiger partial charge in [0.15, 0.2) is 11.1 Å². The van der Waals surface area contributed by atoms with Gasteiger partial charge in [0.2, 0.25) is 0 Å². The lowest BCUT2D eigenvalue weighted by Gasteiger charge is -2.13. The Morgan fingerprint density at radius 3 is 1.62 bits per heavy atom. The lowest BCUT2D eigenvalue weighted by Crippen LogP contribution is -2.36. The van der Waals surface area contributed by atoms with Gasteiger partial charge >= 0.3 is 17.9 Å². The summed E-state index contributed by atoms with van der Waals surface area (Å²) < 4.78 is 41.5. The summed E-state index contributed by atoms with van der Waals surface area (Å²) in [5, 5.41) is 5.22. The Morgan fingerprint density at radius 2 is 1.25 bits per heavy atom. The Kier molecular flexibility index (Phi) is 7.82. The molecule has 12 heteroatoms. The van der Waals surface area contributed by atoms with Crippen molar-refractivity contribution in [2.45, 2.75) is 11.7 Å². The molecular formula is C20H15NO10S. The van der Waals surface area contributed by atoms with Gasteiger partial charge in [0.05, 0.1) is 17.5 Å². The molecule has 2 rings (SSSR count). The molecule has 0 aliphatic heterocycles. The van der Waals surface area contributed by atoms with Crippen LogP contribution in [-0.2, 0) is 24.4 Å². The number of benzene rings is 2. The maximum Gasteiger partial charge on any atom is 0.345 e. The first-order chi connectivity index (χ1) is 15.0. The highest BCUT2D eigenvalue weighted by atomic mass is 32.2. The van der Waals surface area contributed by atoms with E-state index in [2.05, 4.69) is 9.47 Å². The lowest BCUT2D eigenvalue weighted by molar-refractivity contribution is -0.137. The van der Waals surface area contributed by atoms with Crippen LogP contribution < -0.4 is 0 Å². The van der Waals surface area contributed by atoms with Gasteiger partial charge in [0.25, 0.3) is 10.1 Å². The van der Waals surface area contributed by atoms with Crippen LogP contribution in [0.15, 0.2) is 48.5 Å². The Labute approximate surface area is 181 Å². The molecule has 0 bridgehead atoms. The first-order valence-electron chi connectivity index (χ1n) is 8.67. The molecular weight excluding hydrogens is 446 g/mol. The maximum atomic E-state index is 12.1. The second kappa shape index (κ2) is 10.3. The highest BCUT2D eigenvalue weighted by molar-refractivity contribution is 7.87. The molecule has 0 saturated carbocycles. The van der Waals surface area contributed by atoms with Crippen molar-refractivity contribution in [3.63, 3.8) is 0 Å². The molecule has 11 nitrogen and oxygen atoms in total. The molecule has 166 valence electrons. The molecule has 2 aromatic rings. The lowest BCUT2D eigenvalue weighted by atomic mass is 10.1. The average molecular weight is 461 g/mol. The standard InChI is InChI=1S/C20H15NO10S/c21-17(30-18(24)14-5-1-12(10-22)2-6-14)9-16(32(27,28)29)20(26)31-19(25)15-7-3-13(11-23)4-8-15/h1-8,10-11,16,21H,9H2,(H,27,28,29). The molecule has 0 fully saturated rings. The van der Waals surface area contributed by atoms with Gasteiger partial charge in [-0.15, -0.1) is 0 Å².